The van der Waals surface area contributed by atoms with Crippen molar-refractivity contribution in [3.63, 3.8) is 0 Å². The number of pyridine rings is 1. The number of nitrogens with zero attached hydrogens (tertiary/aromatic N) is 5. The van der Waals surface area contributed by atoms with E-state index >= 15 is 0 Å². The molecule has 0 saturated carbocycles. The van der Waals surface area contributed by atoms with Crippen LogP contribution in [0.25, 0.3) is 11.2 Å². The molecule has 0 aliphatic heterocycles. The van der Waals surface area contributed by atoms with Gasteiger partial charge in [0.1, 0.15) is 17.1 Å². The number of benzene rings is 1. The molecule has 0 amide bonds. The van der Waals surface area contributed by atoms with Crippen molar-refractivity contribution >= 4 is 17.0 Å². The third-order valence-electron chi connectivity index (χ3n) is 4.44. The van der Waals surface area contributed by atoms with Gasteiger partial charge in [-0.3, -0.25) is 4.68 Å². The molecule has 8 heteroatoms. The van der Waals surface area contributed by atoms with Crippen molar-refractivity contribution in [2.45, 2.75) is 25.8 Å². The van der Waals surface area contributed by atoms with Crippen LogP contribution in [0.3, 0.4) is 0 Å². The predicted octanol–water partition coefficient (Wildman–Crippen LogP) is 2.43. The van der Waals surface area contributed by atoms with E-state index in [1.165, 1.54) is 0 Å². The number of nitrogens with one attached hydrogen (secondary N) is 1. The third kappa shape index (κ3) is 2.97. The number of aromatic amines is 1. The Kier molecular flexibility index (Phi) is 4.00. The molecule has 8 nitrogen and oxygen atoms in total. The maximum atomic E-state index is 9.61. The Morgan fingerprint density at radius 2 is 2.19 bits per heavy atom. The molecule has 0 saturated heterocycles. The Bertz CT molecular complexity index is 1050. The first kappa shape index (κ1) is 16.1. The highest BCUT2D eigenvalue weighted by molar-refractivity contribution is 5.77. The summed E-state index contributed by atoms with van der Waals surface area (Å²) >= 11 is 0. The fourth-order valence-corrected chi connectivity index (χ4v) is 3.27. The molecule has 0 aliphatic rings. The smallest absolute Gasteiger partial charge is 0.178 e. The maximum Gasteiger partial charge on any atom is 0.178 e. The Morgan fingerprint density at radius 1 is 1.31 bits per heavy atom. The number of rotatable bonds is 5. The molecule has 0 radical (unpaired) electrons. The Hall–Kier alpha value is -3.42. The molecule has 132 valence electrons. The predicted molar refractivity (Wildman–Crippen MR) is 97.7 cm³/mol. The van der Waals surface area contributed by atoms with Crippen LogP contribution in [0.5, 0.6) is 5.75 Å². The first-order chi connectivity index (χ1) is 12.6. The van der Waals surface area contributed by atoms with Crippen LogP contribution in [-0.2, 0) is 6.54 Å². The summed E-state index contributed by atoms with van der Waals surface area (Å²) in [7, 11) is 0. The number of hydrogen-bond acceptors (Lipinski definition) is 6. The van der Waals surface area contributed by atoms with Gasteiger partial charge in [-0.2, -0.15) is 5.10 Å². The lowest BCUT2D eigenvalue weighted by molar-refractivity contribution is 0.474. The lowest BCUT2D eigenvalue weighted by Gasteiger charge is -2.14. The van der Waals surface area contributed by atoms with Crippen LogP contribution in [-0.4, -0.2) is 35.3 Å². The van der Waals surface area contributed by atoms with Crippen molar-refractivity contribution in [2.24, 2.45) is 0 Å². The van der Waals surface area contributed by atoms with E-state index in [2.05, 4.69) is 32.4 Å². The lowest BCUT2D eigenvalue weighted by Crippen LogP contribution is -2.03. The van der Waals surface area contributed by atoms with Gasteiger partial charge in [-0.1, -0.05) is 24.3 Å². The maximum absolute atomic E-state index is 9.61. The molecule has 26 heavy (non-hydrogen) atoms. The number of aromatic hydroxyl groups is 1. The van der Waals surface area contributed by atoms with Crippen LogP contribution in [0.2, 0.25) is 0 Å². The molecule has 1 aromatic carbocycles. The fraction of sp³-hybridized carbons (Fsp3) is 0.222. The molecule has 4 rings (SSSR count). The lowest BCUT2D eigenvalue weighted by atomic mass is 9.91. The SMILES string of the molecule is CCC(c1cnn(Cc2cccc(O)c2)c1)c1cc(N)nc2[nH]nnc12. The first-order valence-electron chi connectivity index (χ1n) is 8.41. The van der Waals surface area contributed by atoms with Gasteiger partial charge in [0.15, 0.2) is 5.65 Å². The van der Waals surface area contributed by atoms with Crippen LogP contribution < -0.4 is 5.73 Å². The molecular weight excluding hydrogens is 330 g/mol. The van der Waals surface area contributed by atoms with E-state index in [1.807, 2.05) is 35.3 Å². The zero-order chi connectivity index (χ0) is 18.1. The van der Waals surface area contributed by atoms with Crippen LogP contribution in [0, 0.1) is 0 Å². The van der Waals surface area contributed by atoms with Gasteiger partial charge in [0.2, 0.25) is 0 Å². The Labute approximate surface area is 149 Å². The quantitative estimate of drug-likeness (QED) is 0.509. The normalized spacial score (nSPS) is 12.5. The van der Waals surface area contributed by atoms with Gasteiger partial charge in [-0.05, 0) is 41.3 Å². The standard InChI is InChI=1S/C18H19N7O/c1-2-14(15-7-16(19)21-18-17(15)22-24-23-18)12-8-20-25(10-12)9-11-4-3-5-13(26)6-11/h3-8,10,14,26H,2,9H2,1H3,(H3,19,21,22,23,24). The molecule has 4 N–H and O–H groups in total. The van der Waals surface area contributed by atoms with Crippen molar-refractivity contribution in [1.29, 1.82) is 0 Å². The molecule has 0 aliphatic carbocycles. The highest BCUT2D eigenvalue weighted by atomic mass is 16.3. The molecular formula is C18H19N7O. The van der Waals surface area contributed by atoms with E-state index in [0.717, 1.165) is 28.6 Å². The van der Waals surface area contributed by atoms with E-state index in [0.29, 0.717) is 18.0 Å². The van der Waals surface area contributed by atoms with E-state index < -0.39 is 0 Å². The van der Waals surface area contributed by atoms with Gasteiger partial charge in [0, 0.05) is 12.1 Å². The summed E-state index contributed by atoms with van der Waals surface area (Å²) in [5, 5.41) is 24.9. The third-order valence-corrected chi connectivity index (χ3v) is 4.44. The van der Waals surface area contributed by atoms with Crippen LogP contribution in [0.4, 0.5) is 5.82 Å². The van der Waals surface area contributed by atoms with E-state index in [9.17, 15) is 5.11 Å². The number of aromatic nitrogens is 6. The number of phenols is 1. The molecule has 1 unspecified atom stereocenters. The van der Waals surface area contributed by atoms with Crippen molar-refractivity contribution in [3.8, 4) is 5.75 Å². The second-order valence-electron chi connectivity index (χ2n) is 6.25. The minimum absolute atomic E-state index is 0.0887. The highest BCUT2D eigenvalue weighted by Crippen LogP contribution is 2.32. The number of fused-ring (bicyclic) bond motifs is 1. The molecule has 3 aromatic heterocycles. The highest BCUT2D eigenvalue weighted by Gasteiger charge is 2.20. The van der Waals surface area contributed by atoms with Crippen LogP contribution in [0.1, 0.15) is 36.0 Å². The number of H-pyrrole nitrogens is 1. The van der Waals surface area contributed by atoms with Crippen molar-refractivity contribution in [3.05, 3.63) is 59.4 Å². The molecule has 3 heterocycles. The van der Waals surface area contributed by atoms with Gasteiger partial charge in [-0.25, -0.2) is 10.1 Å². The minimum Gasteiger partial charge on any atom is -0.508 e. The van der Waals surface area contributed by atoms with Gasteiger partial charge >= 0.3 is 0 Å². The summed E-state index contributed by atoms with van der Waals surface area (Å²) < 4.78 is 1.86. The largest absolute Gasteiger partial charge is 0.508 e. The van der Waals surface area contributed by atoms with Gasteiger partial charge < -0.3 is 10.8 Å². The Balaban J connectivity index is 1.67. The number of hydrogen-bond donors (Lipinski definition) is 3. The summed E-state index contributed by atoms with van der Waals surface area (Å²) in [6.45, 7) is 2.70. The van der Waals surface area contributed by atoms with Crippen molar-refractivity contribution < 1.29 is 5.11 Å². The average molecular weight is 349 g/mol. The number of anilines is 1. The molecule has 0 spiro atoms. The van der Waals surface area contributed by atoms with Gasteiger partial charge in [-0.15, -0.1) is 5.10 Å². The molecule has 0 bridgehead atoms. The fourth-order valence-electron chi connectivity index (χ4n) is 3.27. The zero-order valence-corrected chi connectivity index (χ0v) is 14.3. The summed E-state index contributed by atoms with van der Waals surface area (Å²) in [4.78, 5) is 4.23. The van der Waals surface area contributed by atoms with Crippen LogP contribution in [0.15, 0.2) is 42.7 Å². The zero-order valence-electron chi connectivity index (χ0n) is 14.3. The summed E-state index contributed by atoms with van der Waals surface area (Å²) in [5.41, 5.74) is 10.3. The molecule has 0 fully saturated rings. The molecule has 4 aromatic rings. The summed E-state index contributed by atoms with van der Waals surface area (Å²) in [5.74, 6) is 0.775. The van der Waals surface area contributed by atoms with Gasteiger partial charge in [0.25, 0.3) is 0 Å². The van der Waals surface area contributed by atoms with E-state index in [-0.39, 0.29) is 11.7 Å². The van der Waals surface area contributed by atoms with E-state index in [4.69, 9.17) is 5.73 Å². The number of nitrogens with two attached hydrogens (primary N) is 1. The van der Waals surface area contributed by atoms with E-state index in [1.54, 1.807) is 12.1 Å². The first-order valence-corrected chi connectivity index (χ1v) is 8.41. The van der Waals surface area contributed by atoms with Crippen molar-refractivity contribution in [1.82, 2.24) is 30.2 Å². The monoisotopic (exact) mass is 349 g/mol. The second-order valence-corrected chi connectivity index (χ2v) is 6.25. The number of nitrogen functional groups attached to an aromatic ring is 1. The summed E-state index contributed by atoms with van der Waals surface area (Å²) in [6.07, 6.45) is 4.74. The number of phenolic OH excluding ortho intramolecular Hbond substituents is 1. The average Bonchev–Trinajstić information content (AvgIpc) is 3.25. The van der Waals surface area contributed by atoms with Crippen LogP contribution >= 0.6 is 0 Å². The molecule has 1 atom stereocenters. The van der Waals surface area contributed by atoms with Crippen molar-refractivity contribution in [2.75, 3.05) is 5.73 Å². The Morgan fingerprint density at radius 3 is 3.00 bits per heavy atom. The topological polar surface area (TPSA) is 119 Å². The van der Waals surface area contributed by atoms with Gasteiger partial charge in [0.05, 0.1) is 12.7 Å². The summed E-state index contributed by atoms with van der Waals surface area (Å²) in [6, 6.07) is 9.03. The minimum atomic E-state index is 0.0887. The second kappa shape index (κ2) is 6.47.